The second kappa shape index (κ2) is 15.5. The van der Waals surface area contributed by atoms with E-state index in [0.29, 0.717) is 12.6 Å². The molecule has 1 aliphatic rings. The Labute approximate surface area is 198 Å². The topological polar surface area (TPSA) is 64.6 Å². The number of hydrogen-bond donors (Lipinski definition) is 1. The van der Waals surface area contributed by atoms with Crippen molar-refractivity contribution >= 4 is 29.9 Å². The fourth-order valence-corrected chi connectivity index (χ4v) is 3.47. The van der Waals surface area contributed by atoms with Crippen molar-refractivity contribution < 1.29 is 18.9 Å². The van der Waals surface area contributed by atoms with Gasteiger partial charge in [0.25, 0.3) is 0 Å². The molecule has 1 aromatic carbocycles. The molecule has 1 heterocycles. The number of likely N-dealkylation sites (tertiary alicyclic amines) is 1. The van der Waals surface area contributed by atoms with Gasteiger partial charge in [-0.3, -0.25) is 4.99 Å². The maximum Gasteiger partial charge on any atom is 0.193 e. The van der Waals surface area contributed by atoms with Crippen LogP contribution in [0.5, 0.6) is 11.5 Å². The third-order valence-corrected chi connectivity index (χ3v) is 5.05. The summed E-state index contributed by atoms with van der Waals surface area (Å²) in [6, 6.07) is 5.88. The first-order valence-corrected chi connectivity index (χ1v) is 10.6. The smallest absolute Gasteiger partial charge is 0.193 e. The zero-order valence-electron chi connectivity index (χ0n) is 18.8. The zero-order valence-corrected chi connectivity index (χ0v) is 21.1. The molecule has 7 nitrogen and oxygen atoms in total. The molecule has 0 saturated carbocycles. The molecule has 1 aliphatic heterocycles. The Morgan fingerprint density at radius 3 is 2.53 bits per heavy atom. The van der Waals surface area contributed by atoms with Crippen molar-refractivity contribution in [1.29, 1.82) is 0 Å². The van der Waals surface area contributed by atoms with Crippen molar-refractivity contribution in [3.63, 3.8) is 0 Å². The molecule has 0 radical (unpaired) electrons. The highest BCUT2D eigenvalue weighted by Crippen LogP contribution is 2.24. The molecule has 1 saturated heterocycles. The lowest BCUT2D eigenvalue weighted by Gasteiger charge is -2.34. The van der Waals surface area contributed by atoms with Crippen molar-refractivity contribution in [3.05, 3.63) is 23.8 Å². The number of halogens is 1. The standard InChI is InChI=1S/C22H37N3O4.HI/c1-5-23-22(25-13-10-19(11-14-25)29-16-6-15-26-2)24-12-9-18-17-20(27-3)7-8-21(18)28-4;/h7-8,17,19H,5-6,9-16H2,1-4H3,(H,23,24);1H. The molecule has 2 rings (SSSR count). The highest BCUT2D eigenvalue weighted by atomic mass is 127. The Morgan fingerprint density at radius 1 is 1.13 bits per heavy atom. The van der Waals surface area contributed by atoms with Gasteiger partial charge in [-0.05, 0) is 56.4 Å². The van der Waals surface area contributed by atoms with Crippen LogP contribution in [-0.4, -0.2) is 77.7 Å². The molecular formula is C22H38IN3O4. The molecule has 1 aromatic rings. The van der Waals surface area contributed by atoms with Crippen LogP contribution in [0.15, 0.2) is 23.2 Å². The van der Waals surface area contributed by atoms with E-state index in [-0.39, 0.29) is 24.0 Å². The SMILES string of the molecule is CCNC(=NCCc1cc(OC)ccc1OC)N1CCC(OCCCOC)CC1.I. The summed E-state index contributed by atoms with van der Waals surface area (Å²) >= 11 is 0. The third kappa shape index (κ3) is 8.85. The van der Waals surface area contributed by atoms with Crippen LogP contribution < -0.4 is 14.8 Å². The Hall–Kier alpha value is -1.26. The predicted octanol–water partition coefficient (Wildman–Crippen LogP) is 3.35. The Morgan fingerprint density at radius 2 is 1.90 bits per heavy atom. The van der Waals surface area contributed by atoms with Crippen LogP contribution in [0, 0.1) is 0 Å². The summed E-state index contributed by atoms with van der Waals surface area (Å²) in [4.78, 5) is 7.19. The average molecular weight is 535 g/mol. The van der Waals surface area contributed by atoms with E-state index in [1.165, 1.54) is 0 Å². The summed E-state index contributed by atoms with van der Waals surface area (Å²) in [7, 11) is 5.10. The van der Waals surface area contributed by atoms with Gasteiger partial charge in [0.05, 0.1) is 20.3 Å². The second-order valence-corrected chi connectivity index (χ2v) is 7.07. The van der Waals surface area contributed by atoms with Crippen molar-refractivity contribution in [3.8, 4) is 11.5 Å². The Balaban J connectivity index is 0.00000450. The third-order valence-electron chi connectivity index (χ3n) is 5.05. The second-order valence-electron chi connectivity index (χ2n) is 7.07. The molecule has 0 spiro atoms. The van der Waals surface area contributed by atoms with Crippen LogP contribution in [0.25, 0.3) is 0 Å². The van der Waals surface area contributed by atoms with Gasteiger partial charge in [0.1, 0.15) is 11.5 Å². The molecule has 0 aromatic heterocycles. The van der Waals surface area contributed by atoms with Crippen molar-refractivity contribution in [1.82, 2.24) is 10.2 Å². The van der Waals surface area contributed by atoms with E-state index in [9.17, 15) is 0 Å². The fraction of sp³-hybridized carbons (Fsp3) is 0.682. The van der Waals surface area contributed by atoms with Crippen molar-refractivity contribution in [2.75, 3.05) is 60.7 Å². The summed E-state index contributed by atoms with van der Waals surface area (Å²) in [6.07, 6.45) is 4.15. The molecule has 0 atom stereocenters. The minimum atomic E-state index is 0. The number of nitrogens with zero attached hydrogens (tertiary/aromatic N) is 2. The van der Waals surface area contributed by atoms with E-state index >= 15 is 0 Å². The predicted molar refractivity (Wildman–Crippen MR) is 132 cm³/mol. The number of ether oxygens (including phenoxy) is 4. The van der Waals surface area contributed by atoms with Gasteiger partial charge in [-0.2, -0.15) is 0 Å². The molecule has 30 heavy (non-hydrogen) atoms. The molecule has 8 heteroatoms. The lowest BCUT2D eigenvalue weighted by Crippen LogP contribution is -2.47. The van der Waals surface area contributed by atoms with E-state index in [1.807, 2.05) is 18.2 Å². The number of benzene rings is 1. The van der Waals surface area contributed by atoms with Crippen LogP contribution in [0.3, 0.4) is 0 Å². The van der Waals surface area contributed by atoms with E-state index < -0.39 is 0 Å². The highest BCUT2D eigenvalue weighted by Gasteiger charge is 2.21. The van der Waals surface area contributed by atoms with Gasteiger partial charge in [-0.15, -0.1) is 24.0 Å². The van der Waals surface area contributed by atoms with Crippen LogP contribution in [0.4, 0.5) is 0 Å². The Bertz CT molecular complexity index is 622. The number of guanidine groups is 1. The molecule has 1 N–H and O–H groups in total. The first-order chi connectivity index (χ1) is 14.2. The summed E-state index contributed by atoms with van der Waals surface area (Å²) in [5.41, 5.74) is 1.11. The zero-order chi connectivity index (χ0) is 20.9. The molecule has 0 aliphatic carbocycles. The van der Waals surface area contributed by atoms with Crippen LogP contribution >= 0.6 is 24.0 Å². The monoisotopic (exact) mass is 535 g/mol. The van der Waals surface area contributed by atoms with Gasteiger partial charge in [0.15, 0.2) is 5.96 Å². The van der Waals surface area contributed by atoms with Gasteiger partial charge in [-0.1, -0.05) is 0 Å². The van der Waals surface area contributed by atoms with Gasteiger partial charge in [0.2, 0.25) is 0 Å². The maximum atomic E-state index is 5.97. The van der Waals surface area contributed by atoms with Gasteiger partial charge < -0.3 is 29.2 Å². The molecular weight excluding hydrogens is 497 g/mol. The van der Waals surface area contributed by atoms with E-state index in [2.05, 4.69) is 17.1 Å². The molecule has 0 amide bonds. The molecule has 0 unspecified atom stereocenters. The van der Waals surface area contributed by atoms with Crippen molar-refractivity contribution in [2.24, 2.45) is 4.99 Å². The van der Waals surface area contributed by atoms with Crippen LogP contribution in [-0.2, 0) is 15.9 Å². The van der Waals surface area contributed by atoms with Crippen molar-refractivity contribution in [2.45, 2.75) is 38.7 Å². The maximum absolute atomic E-state index is 5.97. The lowest BCUT2D eigenvalue weighted by atomic mass is 10.1. The number of hydrogen-bond acceptors (Lipinski definition) is 5. The summed E-state index contributed by atoms with van der Waals surface area (Å²) in [5, 5.41) is 3.43. The average Bonchev–Trinajstić information content (AvgIpc) is 2.76. The first-order valence-electron chi connectivity index (χ1n) is 10.6. The molecule has 0 bridgehead atoms. The van der Waals surface area contributed by atoms with E-state index in [0.717, 1.165) is 81.6 Å². The van der Waals surface area contributed by atoms with E-state index in [1.54, 1.807) is 21.3 Å². The van der Waals surface area contributed by atoms with Crippen LogP contribution in [0.1, 0.15) is 31.7 Å². The van der Waals surface area contributed by atoms with Gasteiger partial charge >= 0.3 is 0 Å². The lowest BCUT2D eigenvalue weighted by molar-refractivity contribution is 0.00991. The minimum Gasteiger partial charge on any atom is -0.497 e. The minimum absolute atomic E-state index is 0. The number of piperidine rings is 1. The number of aliphatic imine (C=N–C) groups is 1. The van der Waals surface area contributed by atoms with Gasteiger partial charge in [0, 0.05) is 46.5 Å². The summed E-state index contributed by atoms with van der Waals surface area (Å²) < 4.78 is 21.9. The Kier molecular flexibility index (Phi) is 13.9. The number of nitrogens with one attached hydrogen (secondary N) is 1. The largest absolute Gasteiger partial charge is 0.497 e. The quantitative estimate of drug-likeness (QED) is 0.203. The number of methoxy groups -OCH3 is 3. The normalized spacial score (nSPS) is 14.9. The van der Waals surface area contributed by atoms with Crippen LogP contribution in [0.2, 0.25) is 0 Å². The van der Waals surface area contributed by atoms with Gasteiger partial charge in [-0.25, -0.2) is 0 Å². The number of rotatable bonds is 11. The first kappa shape index (κ1) is 26.8. The summed E-state index contributed by atoms with van der Waals surface area (Å²) in [6.45, 7) is 7.11. The molecule has 172 valence electrons. The fourth-order valence-electron chi connectivity index (χ4n) is 3.47. The van der Waals surface area contributed by atoms with E-state index in [4.69, 9.17) is 23.9 Å². The molecule has 1 fully saturated rings. The highest BCUT2D eigenvalue weighted by molar-refractivity contribution is 14.0. The summed E-state index contributed by atoms with van der Waals surface area (Å²) in [5.74, 6) is 2.69.